The highest BCUT2D eigenvalue weighted by Crippen LogP contribution is 2.29. The SMILES string of the molecule is COc1ccc(OC)c(/C=C/C(=O)N2CCC(c3nc4ccc(F)cc4[nH]3)CC2)c1. The molecule has 0 radical (unpaired) electrons. The molecule has 0 bridgehead atoms. The first-order valence-electron chi connectivity index (χ1n) is 9.91. The third-order valence-electron chi connectivity index (χ3n) is 5.50. The van der Waals surface area contributed by atoms with Gasteiger partial charge in [0.25, 0.3) is 0 Å². The number of carbonyl (C=O) groups is 1. The number of H-pyrrole nitrogens is 1. The number of nitrogens with zero attached hydrogens (tertiary/aromatic N) is 2. The highest BCUT2D eigenvalue weighted by molar-refractivity contribution is 5.92. The minimum Gasteiger partial charge on any atom is -0.497 e. The molecule has 0 unspecified atom stereocenters. The maximum atomic E-state index is 13.4. The Hall–Kier alpha value is -3.35. The van der Waals surface area contributed by atoms with Crippen molar-refractivity contribution < 1.29 is 18.7 Å². The minimum absolute atomic E-state index is 0.0370. The van der Waals surface area contributed by atoms with Crippen LogP contribution in [-0.4, -0.2) is 48.1 Å². The fourth-order valence-electron chi connectivity index (χ4n) is 3.80. The Balaban J connectivity index is 1.40. The maximum absolute atomic E-state index is 13.4. The molecule has 1 aromatic heterocycles. The van der Waals surface area contributed by atoms with Crippen LogP contribution in [0, 0.1) is 5.82 Å². The molecule has 1 aliphatic heterocycles. The van der Waals surface area contributed by atoms with Crippen molar-refractivity contribution in [1.29, 1.82) is 0 Å². The Morgan fingerprint density at radius 1 is 1.17 bits per heavy atom. The van der Waals surface area contributed by atoms with Crippen molar-refractivity contribution in [2.24, 2.45) is 0 Å². The third-order valence-corrected chi connectivity index (χ3v) is 5.50. The molecule has 0 aliphatic carbocycles. The number of halogens is 1. The van der Waals surface area contributed by atoms with Crippen LogP contribution >= 0.6 is 0 Å². The molecule has 7 heteroatoms. The summed E-state index contributed by atoms with van der Waals surface area (Å²) in [6.07, 6.45) is 4.94. The lowest BCUT2D eigenvalue weighted by molar-refractivity contribution is -0.127. The molecule has 2 heterocycles. The minimum atomic E-state index is -0.280. The molecule has 156 valence electrons. The topological polar surface area (TPSA) is 67.5 Å². The van der Waals surface area contributed by atoms with Gasteiger partial charge in [0.15, 0.2) is 0 Å². The second-order valence-corrected chi connectivity index (χ2v) is 7.32. The summed E-state index contributed by atoms with van der Waals surface area (Å²) < 4.78 is 24.0. The van der Waals surface area contributed by atoms with E-state index >= 15 is 0 Å². The molecule has 2 aromatic carbocycles. The molecule has 0 atom stereocenters. The van der Waals surface area contributed by atoms with E-state index in [0.717, 1.165) is 29.7 Å². The van der Waals surface area contributed by atoms with Gasteiger partial charge in [-0.15, -0.1) is 0 Å². The summed E-state index contributed by atoms with van der Waals surface area (Å²) in [7, 11) is 3.20. The smallest absolute Gasteiger partial charge is 0.246 e. The van der Waals surface area contributed by atoms with Crippen LogP contribution in [0.3, 0.4) is 0 Å². The number of methoxy groups -OCH3 is 2. The molecule has 1 aliphatic rings. The molecule has 1 amide bonds. The lowest BCUT2D eigenvalue weighted by Gasteiger charge is -2.30. The number of aromatic amines is 1. The van der Waals surface area contributed by atoms with Crippen molar-refractivity contribution >= 4 is 23.0 Å². The number of amides is 1. The van der Waals surface area contributed by atoms with Crippen molar-refractivity contribution in [1.82, 2.24) is 14.9 Å². The van der Waals surface area contributed by atoms with E-state index in [0.29, 0.717) is 30.1 Å². The Kier molecular flexibility index (Phi) is 5.70. The number of rotatable bonds is 5. The summed E-state index contributed by atoms with van der Waals surface area (Å²) in [4.78, 5) is 22.3. The van der Waals surface area contributed by atoms with E-state index in [2.05, 4.69) is 9.97 Å². The average Bonchev–Trinajstić information content (AvgIpc) is 3.20. The van der Waals surface area contributed by atoms with Gasteiger partial charge in [-0.2, -0.15) is 0 Å². The molecule has 30 heavy (non-hydrogen) atoms. The van der Waals surface area contributed by atoms with E-state index < -0.39 is 0 Å². The first-order valence-corrected chi connectivity index (χ1v) is 9.91. The summed E-state index contributed by atoms with van der Waals surface area (Å²) in [5, 5.41) is 0. The van der Waals surface area contributed by atoms with Gasteiger partial charge in [0.2, 0.25) is 5.91 Å². The number of nitrogens with one attached hydrogen (secondary N) is 1. The zero-order chi connectivity index (χ0) is 21.1. The normalized spacial score (nSPS) is 15.1. The molecule has 1 N–H and O–H groups in total. The molecular formula is C23H24FN3O3. The summed E-state index contributed by atoms with van der Waals surface area (Å²) in [5.74, 6) is 2.16. The monoisotopic (exact) mass is 409 g/mol. The molecule has 6 nitrogen and oxygen atoms in total. The van der Waals surface area contributed by atoms with E-state index in [1.165, 1.54) is 12.1 Å². The summed E-state index contributed by atoms with van der Waals surface area (Å²) >= 11 is 0. The second-order valence-electron chi connectivity index (χ2n) is 7.32. The van der Waals surface area contributed by atoms with Crippen LogP contribution in [0.25, 0.3) is 17.1 Å². The number of benzene rings is 2. The van der Waals surface area contributed by atoms with E-state index in [1.54, 1.807) is 32.4 Å². The zero-order valence-corrected chi connectivity index (χ0v) is 17.0. The second kappa shape index (κ2) is 8.57. The fourth-order valence-corrected chi connectivity index (χ4v) is 3.80. The largest absolute Gasteiger partial charge is 0.497 e. The van der Waals surface area contributed by atoms with Crippen LogP contribution in [0.15, 0.2) is 42.5 Å². The van der Waals surface area contributed by atoms with Gasteiger partial charge in [0, 0.05) is 30.6 Å². The predicted octanol–water partition coefficient (Wildman–Crippen LogP) is 4.14. The first kappa shape index (κ1) is 19.9. The number of carbonyl (C=O) groups excluding carboxylic acids is 1. The third kappa shape index (κ3) is 4.15. The van der Waals surface area contributed by atoms with Crippen LogP contribution < -0.4 is 9.47 Å². The quantitative estimate of drug-likeness (QED) is 0.643. The lowest BCUT2D eigenvalue weighted by atomic mass is 9.96. The van der Waals surface area contributed by atoms with Crippen molar-refractivity contribution in [3.8, 4) is 11.5 Å². The van der Waals surface area contributed by atoms with Gasteiger partial charge in [-0.3, -0.25) is 4.79 Å². The number of piperidine rings is 1. The number of likely N-dealkylation sites (tertiary alicyclic amines) is 1. The lowest BCUT2D eigenvalue weighted by Crippen LogP contribution is -2.37. The van der Waals surface area contributed by atoms with Crippen LogP contribution in [0.5, 0.6) is 11.5 Å². The molecule has 3 aromatic rings. The highest BCUT2D eigenvalue weighted by atomic mass is 19.1. The molecule has 4 rings (SSSR count). The molecule has 1 saturated heterocycles. The fraction of sp³-hybridized carbons (Fsp3) is 0.304. The van der Waals surface area contributed by atoms with Crippen LogP contribution in [0.4, 0.5) is 4.39 Å². The van der Waals surface area contributed by atoms with Crippen LogP contribution in [-0.2, 0) is 4.79 Å². The Morgan fingerprint density at radius 3 is 2.70 bits per heavy atom. The Morgan fingerprint density at radius 2 is 1.97 bits per heavy atom. The van der Waals surface area contributed by atoms with Gasteiger partial charge in [0.05, 0.1) is 25.3 Å². The highest BCUT2D eigenvalue weighted by Gasteiger charge is 2.25. The molecule has 0 saturated carbocycles. The molecule has 1 fully saturated rings. The van der Waals surface area contributed by atoms with Gasteiger partial charge in [-0.05, 0) is 55.3 Å². The van der Waals surface area contributed by atoms with Gasteiger partial charge in [0.1, 0.15) is 23.1 Å². The maximum Gasteiger partial charge on any atom is 0.246 e. The van der Waals surface area contributed by atoms with E-state index in [1.807, 2.05) is 23.1 Å². The number of hydrogen-bond acceptors (Lipinski definition) is 4. The van der Waals surface area contributed by atoms with Crippen molar-refractivity contribution in [3.63, 3.8) is 0 Å². The van der Waals surface area contributed by atoms with Crippen molar-refractivity contribution in [2.75, 3.05) is 27.3 Å². The standard InChI is InChI=1S/C23H24FN3O3/c1-29-18-5-7-21(30-2)16(13-18)3-8-22(28)27-11-9-15(10-12-27)23-25-19-6-4-17(24)14-20(19)26-23/h3-8,13-15H,9-12H2,1-2H3,(H,25,26)/b8-3+. The number of fused-ring (bicyclic) bond motifs is 1. The van der Waals surface area contributed by atoms with Gasteiger partial charge >= 0.3 is 0 Å². The average molecular weight is 409 g/mol. The molecular weight excluding hydrogens is 385 g/mol. The number of ether oxygens (including phenoxy) is 2. The summed E-state index contributed by atoms with van der Waals surface area (Å²) in [6, 6.07) is 10.0. The van der Waals surface area contributed by atoms with Crippen molar-refractivity contribution in [3.05, 3.63) is 59.7 Å². The van der Waals surface area contributed by atoms with E-state index in [9.17, 15) is 9.18 Å². The Bertz CT molecular complexity index is 1080. The number of hydrogen-bond donors (Lipinski definition) is 1. The first-order chi connectivity index (χ1) is 14.6. The van der Waals surface area contributed by atoms with Crippen LogP contribution in [0.1, 0.15) is 30.1 Å². The van der Waals surface area contributed by atoms with Gasteiger partial charge in [-0.25, -0.2) is 9.37 Å². The van der Waals surface area contributed by atoms with Crippen molar-refractivity contribution in [2.45, 2.75) is 18.8 Å². The van der Waals surface area contributed by atoms with Gasteiger partial charge in [-0.1, -0.05) is 0 Å². The number of aromatic nitrogens is 2. The summed E-state index contributed by atoms with van der Waals surface area (Å²) in [5.41, 5.74) is 2.26. The zero-order valence-electron chi connectivity index (χ0n) is 17.0. The van der Waals surface area contributed by atoms with E-state index in [-0.39, 0.29) is 17.6 Å². The van der Waals surface area contributed by atoms with E-state index in [4.69, 9.17) is 9.47 Å². The van der Waals surface area contributed by atoms with Gasteiger partial charge < -0.3 is 19.4 Å². The predicted molar refractivity (Wildman–Crippen MR) is 113 cm³/mol. The van der Waals surface area contributed by atoms with Crippen LogP contribution in [0.2, 0.25) is 0 Å². The summed E-state index contributed by atoms with van der Waals surface area (Å²) in [6.45, 7) is 1.29. The molecule has 0 spiro atoms. The number of imidazole rings is 1. The Labute approximate surface area is 174 Å².